The maximum atomic E-state index is 13.9. The van der Waals surface area contributed by atoms with Crippen LogP contribution in [0.1, 0.15) is 302 Å². The van der Waals surface area contributed by atoms with Gasteiger partial charge in [0.2, 0.25) is 23.8 Å². The number of ether oxygens (including phenoxy) is 8. The van der Waals surface area contributed by atoms with E-state index in [4.69, 9.17) is 64.3 Å². The number of unbranched alkanes of at least 4 members (excludes halogenated alkanes) is 32. The molecule has 0 spiro atoms. The van der Waals surface area contributed by atoms with Gasteiger partial charge in [0.05, 0.1) is 52.9 Å². The summed E-state index contributed by atoms with van der Waals surface area (Å²) in [6, 6.07) is 33.5. The molecule has 0 saturated carbocycles. The molecule has 7 rings (SSSR count). The molecule has 1 aliphatic heterocycles. The van der Waals surface area contributed by atoms with E-state index in [1.54, 1.807) is 0 Å². The second-order valence-corrected chi connectivity index (χ2v) is 33.0. The molecular formula is C93H147N11O9. The van der Waals surface area contributed by atoms with Crippen LogP contribution in [0.2, 0.25) is 0 Å². The fourth-order valence-electron chi connectivity index (χ4n) is 14.8. The van der Waals surface area contributed by atoms with E-state index < -0.39 is 22.5 Å². The highest BCUT2D eigenvalue weighted by Crippen LogP contribution is 2.35. The summed E-state index contributed by atoms with van der Waals surface area (Å²) in [5.74, 6) is 3.92. The molecule has 0 aliphatic carbocycles. The van der Waals surface area contributed by atoms with Crippen molar-refractivity contribution in [3.05, 3.63) is 119 Å². The second kappa shape index (κ2) is 54.8. The molecule has 6 aromatic rings. The van der Waals surface area contributed by atoms with Gasteiger partial charge in [0.15, 0.2) is 0 Å². The van der Waals surface area contributed by atoms with Crippen LogP contribution in [0.3, 0.4) is 0 Å². The third-order valence-corrected chi connectivity index (χ3v) is 21.3. The van der Waals surface area contributed by atoms with Crippen molar-refractivity contribution in [2.24, 2.45) is 10.8 Å². The number of nitrogens with two attached hydrogens (primary N) is 2. The Bertz CT molecular complexity index is 3290. The number of nitrogens with one attached hydrogen (secondary N) is 2. The van der Waals surface area contributed by atoms with Crippen LogP contribution in [-0.2, 0) is 35.2 Å². The summed E-state index contributed by atoms with van der Waals surface area (Å²) in [5.41, 5.74) is 15.0. The Balaban J connectivity index is 1.17. The average molecular weight is 1560 g/mol. The number of anilines is 4. The van der Waals surface area contributed by atoms with Crippen molar-refractivity contribution in [3.8, 4) is 35.0 Å². The Morgan fingerprint density at radius 1 is 0.381 bits per heavy atom. The number of nitrogens with zero attached hydrogens (tertiary/aromatic N) is 7. The van der Waals surface area contributed by atoms with Crippen LogP contribution in [0.15, 0.2) is 97.1 Å². The highest BCUT2D eigenvalue weighted by atomic mass is 16.6. The number of hydrogen-bond acceptors (Lipinski definition) is 19. The normalized spacial score (nSPS) is 12.6. The molecule has 628 valence electrons. The molecule has 3 heterocycles. The van der Waals surface area contributed by atoms with Crippen LogP contribution >= 0.6 is 0 Å². The van der Waals surface area contributed by atoms with Gasteiger partial charge < -0.3 is 64.9 Å². The number of morpholine rings is 1. The van der Waals surface area contributed by atoms with Crippen LogP contribution in [0.5, 0.6) is 35.0 Å². The lowest BCUT2D eigenvalue weighted by atomic mass is 9.77. The smallest absolute Gasteiger partial charge is 0.407 e. The maximum absolute atomic E-state index is 13.9. The molecule has 113 heavy (non-hydrogen) atoms. The minimum absolute atomic E-state index is 0.0102. The van der Waals surface area contributed by atoms with Gasteiger partial charge in [0.25, 0.3) is 0 Å². The van der Waals surface area contributed by atoms with Crippen LogP contribution in [0.25, 0.3) is 0 Å². The van der Waals surface area contributed by atoms with E-state index >= 15 is 0 Å². The Hall–Kier alpha value is -7.87. The third-order valence-electron chi connectivity index (χ3n) is 21.3. The van der Waals surface area contributed by atoms with Gasteiger partial charge in [-0.2, -0.15) is 29.9 Å². The summed E-state index contributed by atoms with van der Waals surface area (Å²) in [4.78, 5) is 44.2. The summed E-state index contributed by atoms with van der Waals surface area (Å²) in [6.07, 6.45) is 46.3. The predicted molar refractivity (Wildman–Crippen MR) is 462 cm³/mol. The number of nitrogen functional groups attached to an aromatic ring is 2. The monoisotopic (exact) mass is 1560 g/mol. The van der Waals surface area contributed by atoms with Crippen molar-refractivity contribution in [1.82, 2.24) is 35.2 Å². The Labute approximate surface area is 681 Å². The van der Waals surface area contributed by atoms with E-state index in [2.05, 4.69) is 126 Å². The van der Waals surface area contributed by atoms with Crippen LogP contribution in [0.4, 0.5) is 28.6 Å². The van der Waals surface area contributed by atoms with Gasteiger partial charge in [-0.15, -0.1) is 0 Å². The van der Waals surface area contributed by atoms with Gasteiger partial charge >= 0.3 is 18.1 Å². The lowest BCUT2D eigenvalue weighted by Crippen LogP contribution is -2.46. The highest BCUT2D eigenvalue weighted by molar-refractivity contribution is 5.67. The number of carbonyl (C=O) groups excluding carboxylic acids is 1. The van der Waals surface area contributed by atoms with E-state index in [0.717, 1.165) is 96.6 Å². The van der Waals surface area contributed by atoms with Gasteiger partial charge in [-0.1, -0.05) is 282 Å². The molecule has 1 aliphatic rings. The molecule has 20 heteroatoms. The van der Waals surface area contributed by atoms with E-state index in [9.17, 15) is 4.79 Å². The Morgan fingerprint density at radius 2 is 0.681 bits per heavy atom. The molecule has 20 nitrogen and oxygen atoms in total. The van der Waals surface area contributed by atoms with Crippen LogP contribution < -0.4 is 55.4 Å². The molecular weight excluding hydrogens is 1420 g/mol. The van der Waals surface area contributed by atoms with Crippen molar-refractivity contribution in [3.63, 3.8) is 0 Å². The minimum Gasteiger partial charge on any atom is -0.494 e. The predicted octanol–water partition coefficient (Wildman–Crippen LogP) is 22.0. The van der Waals surface area contributed by atoms with Gasteiger partial charge in [0, 0.05) is 37.0 Å². The zero-order valence-corrected chi connectivity index (χ0v) is 71.0. The van der Waals surface area contributed by atoms with Crippen molar-refractivity contribution >= 4 is 29.9 Å². The lowest BCUT2D eigenvalue weighted by molar-refractivity contribution is 0.0470. The first kappa shape index (κ1) is 92.3. The highest BCUT2D eigenvalue weighted by Gasteiger charge is 2.37. The van der Waals surface area contributed by atoms with Gasteiger partial charge in [0.1, 0.15) is 28.6 Å². The lowest BCUT2D eigenvalue weighted by Gasteiger charge is -2.35. The molecule has 4 aromatic carbocycles. The standard InChI is InChI=1S/C93H147N11O9/c1-8-12-16-20-24-28-30-34-38-42-64-109-80-52-44-76(45-53-80)68-92(74-112-89-101-85(95)99-87(103-89)104-60-66-106-67-61-104,69-77-46-54-81(55-47-77)110-65-43-39-35-31-29-25-21-17-13-9-2)72-96-86-98-84(94)100-88(102-86)111-75-93(73-97-90(105)113-91(5,6)7,70-78-48-56-82(57-49-78)107-62-40-36-32-26-22-18-14-10-3)71-79-50-58-83(59-51-79)108-63-41-37-33-27-23-19-15-11-4/h44-59H,8-43,60-75H2,1-7H3,(H,97,105)(H2,95,99,101,103)(H3,94,96,98,100,102). The van der Waals surface area contributed by atoms with Gasteiger partial charge in [-0.05, 0) is 143 Å². The quantitative estimate of drug-likeness (QED) is 0.0259. The summed E-state index contributed by atoms with van der Waals surface area (Å²) < 4.78 is 50.7. The average Bonchev–Trinajstić information content (AvgIpc) is 0.814. The topological polar surface area (TPSA) is 248 Å². The zero-order valence-electron chi connectivity index (χ0n) is 71.0. The van der Waals surface area contributed by atoms with Crippen molar-refractivity contribution in [2.45, 2.75) is 311 Å². The largest absolute Gasteiger partial charge is 0.494 e. The number of carbonyl (C=O) groups is 1. The molecule has 6 N–H and O–H groups in total. The molecule has 0 radical (unpaired) electrons. The minimum atomic E-state index is -0.821. The van der Waals surface area contributed by atoms with Gasteiger partial charge in [-0.3, -0.25) is 0 Å². The van der Waals surface area contributed by atoms with E-state index in [0.29, 0.717) is 84.4 Å². The fourth-order valence-corrected chi connectivity index (χ4v) is 14.8. The molecule has 0 unspecified atom stereocenters. The number of rotatable bonds is 64. The number of hydrogen-bond donors (Lipinski definition) is 4. The van der Waals surface area contributed by atoms with Crippen molar-refractivity contribution in [2.75, 3.05) is 101 Å². The Morgan fingerprint density at radius 3 is 1.01 bits per heavy atom. The summed E-state index contributed by atoms with van der Waals surface area (Å²) in [7, 11) is 0. The van der Waals surface area contributed by atoms with E-state index in [1.165, 1.54) is 180 Å². The first-order valence-corrected chi connectivity index (χ1v) is 44.3. The Kier molecular flexibility index (Phi) is 44.8. The SMILES string of the molecule is CCCCCCCCCCCCOc1ccc(CC(CNc2nc(N)nc(OCC(CNC(=O)OC(C)(C)C)(Cc3ccc(OCCCCCCCCCC)cc3)Cc3ccc(OCCCCCCCCCC)cc3)n2)(COc2nc(N)nc(N3CCOCC3)n2)Cc2ccc(OCCCCCCCCCCCC)cc2)cc1. The summed E-state index contributed by atoms with van der Waals surface area (Å²) >= 11 is 0. The second-order valence-electron chi connectivity index (χ2n) is 33.0. The zero-order chi connectivity index (χ0) is 80.1. The molecule has 1 amide bonds. The van der Waals surface area contributed by atoms with Crippen LogP contribution in [-0.4, -0.2) is 121 Å². The first-order chi connectivity index (χ1) is 55.1. The maximum Gasteiger partial charge on any atom is 0.407 e. The molecule has 1 fully saturated rings. The summed E-state index contributed by atoms with van der Waals surface area (Å²) in [6.45, 7) is 20.2. The third kappa shape index (κ3) is 39.8. The van der Waals surface area contributed by atoms with E-state index in [-0.39, 0.29) is 56.2 Å². The fraction of sp³-hybridized carbons (Fsp3) is 0.667. The molecule has 2 aromatic heterocycles. The molecule has 0 atom stereocenters. The first-order valence-electron chi connectivity index (χ1n) is 44.3. The molecule has 0 bridgehead atoms. The number of alkyl carbamates (subject to hydrolysis) is 1. The summed E-state index contributed by atoms with van der Waals surface area (Å²) in [5, 5.41) is 6.80. The van der Waals surface area contributed by atoms with Crippen molar-refractivity contribution < 1.29 is 42.7 Å². The van der Waals surface area contributed by atoms with Gasteiger partial charge in [-0.25, -0.2) is 4.79 Å². The molecule has 1 saturated heterocycles. The van der Waals surface area contributed by atoms with Crippen molar-refractivity contribution in [1.29, 1.82) is 0 Å². The number of aromatic nitrogens is 6. The van der Waals surface area contributed by atoms with Crippen LogP contribution in [0, 0.1) is 10.8 Å². The number of amides is 1. The van der Waals surface area contributed by atoms with E-state index in [1.807, 2.05) is 49.9 Å². The number of benzene rings is 4.